The minimum absolute atomic E-state index is 0.0552. The SMILES string of the molecule is OCCNc1nc(NCCO)nc(Nc2cccc(O)c2)n1. The van der Waals surface area contributed by atoms with Gasteiger partial charge in [-0.15, -0.1) is 0 Å². The molecule has 1 heterocycles. The monoisotopic (exact) mass is 306 g/mol. The summed E-state index contributed by atoms with van der Waals surface area (Å²) < 4.78 is 0. The molecule has 1 aromatic carbocycles. The summed E-state index contributed by atoms with van der Waals surface area (Å²) in [6.45, 7) is 0.491. The lowest BCUT2D eigenvalue weighted by atomic mass is 10.3. The van der Waals surface area contributed by atoms with Gasteiger partial charge in [-0.05, 0) is 12.1 Å². The Hall–Kier alpha value is -2.65. The minimum atomic E-state index is -0.0552. The van der Waals surface area contributed by atoms with Crippen LogP contribution in [0.3, 0.4) is 0 Å². The van der Waals surface area contributed by atoms with Gasteiger partial charge in [-0.25, -0.2) is 0 Å². The number of benzene rings is 1. The summed E-state index contributed by atoms with van der Waals surface area (Å²) in [5.41, 5.74) is 0.618. The Bertz CT molecular complexity index is 584. The predicted molar refractivity (Wildman–Crippen MR) is 82.4 cm³/mol. The number of nitrogens with zero attached hydrogens (tertiary/aromatic N) is 3. The largest absolute Gasteiger partial charge is 0.508 e. The molecule has 1 aromatic heterocycles. The van der Waals surface area contributed by atoms with E-state index < -0.39 is 0 Å². The first-order chi connectivity index (χ1) is 10.7. The zero-order valence-electron chi connectivity index (χ0n) is 11.8. The van der Waals surface area contributed by atoms with Gasteiger partial charge < -0.3 is 31.3 Å². The number of hydrogen-bond donors (Lipinski definition) is 6. The Morgan fingerprint density at radius 1 is 0.864 bits per heavy atom. The molecule has 0 fully saturated rings. The van der Waals surface area contributed by atoms with Crippen molar-refractivity contribution in [3.63, 3.8) is 0 Å². The zero-order valence-corrected chi connectivity index (χ0v) is 11.8. The van der Waals surface area contributed by atoms with E-state index in [0.717, 1.165) is 0 Å². The fraction of sp³-hybridized carbons (Fsp3) is 0.308. The van der Waals surface area contributed by atoms with E-state index >= 15 is 0 Å². The molecule has 0 aliphatic carbocycles. The molecule has 0 aliphatic heterocycles. The van der Waals surface area contributed by atoms with Crippen LogP contribution in [0, 0.1) is 0 Å². The van der Waals surface area contributed by atoms with Crippen molar-refractivity contribution < 1.29 is 15.3 Å². The molecule has 0 unspecified atom stereocenters. The minimum Gasteiger partial charge on any atom is -0.508 e. The van der Waals surface area contributed by atoms with Gasteiger partial charge in [0.1, 0.15) is 5.75 Å². The third-order valence-corrected chi connectivity index (χ3v) is 2.53. The molecule has 0 bridgehead atoms. The predicted octanol–water partition coefficient (Wildman–Crippen LogP) is 0.129. The highest BCUT2D eigenvalue weighted by atomic mass is 16.3. The van der Waals surface area contributed by atoms with Gasteiger partial charge in [0.05, 0.1) is 13.2 Å². The average Bonchev–Trinajstić information content (AvgIpc) is 2.51. The van der Waals surface area contributed by atoms with Gasteiger partial charge in [-0.3, -0.25) is 0 Å². The van der Waals surface area contributed by atoms with E-state index in [0.29, 0.717) is 18.8 Å². The zero-order chi connectivity index (χ0) is 15.8. The number of rotatable bonds is 8. The van der Waals surface area contributed by atoms with E-state index in [1.165, 1.54) is 6.07 Å². The van der Waals surface area contributed by atoms with Crippen LogP contribution >= 0.6 is 0 Å². The molecule has 9 heteroatoms. The Labute approximate surface area is 127 Å². The molecule has 0 saturated carbocycles. The number of aromatic nitrogens is 3. The van der Waals surface area contributed by atoms with Crippen molar-refractivity contribution in [2.75, 3.05) is 42.3 Å². The van der Waals surface area contributed by atoms with Crippen molar-refractivity contribution in [3.8, 4) is 5.75 Å². The fourth-order valence-electron chi connectivity index (χ4n) is 1.64. The van der Waals surface area contributed by atoms with Gasteiger partial charge >= 0.3 is 0 Å². The summed E-state index contributed by atoms with van der Waals surface area (Å²) in [4.78, 5) is 12.4. The molecular formula is C13H18N6O3. The lowest BCUT2D eigenvalue weighted by molar-refractivity contribution is 0.310. The molecule has 0 amide bonds. The van der Waals surface area contributed by atoms with E-state index in [1.54, 1.807) is 18.2 Å². The molecule has 118 valence electrons. The number of aromatic hydroxyl groups is 1. The first-order valence-corrected chi connectivity index (χ1v) is 6.73. The van der Waals surface area contributed by atoms with E-state index in [1.807, 2.05) is 0 Å². The average molecular weight is 306 g/mol. The highest BCUT2D eigenvalue weighted by molar-refractivity contribution is 5.57. The quantitative estimate of drug-likeness (QED) is 0.402. The summed E-state index contributed by atoms with van der Waals surface area (Å²) in [7, 11) is 0. The Morgan fingerprint density at radius 2 is 1.45 bits per heavy atom. The van der Waals surface area contributed by atoms with Crippen LogP contribution in [0.15, 0.2) is 24.3 Å². The number of phenols is 1. The van der Waals surface area contributed by atoms with Gasteiger partial charge in [0.25, 0.3) is 0 Å². The van der Waals surface area contributed by atoms with E-state index in [4.69, 9.17) is 10.2 Å². The Kier molecular flexibility index (Phi) is 5.69. The molecule has 0 saturated heterocycles. The summed E-state index contributed by atoms with van der Waals surface area (Å²) in [5, 5.41) is 35.8. The van der Waals surface area contributed by atoms with Crippen LogP contribution in [0.1, 0.15) is 0 Å². The smallest absolute Gasteiger partial charge is 0.233 e. The highest BCUT2D eigenvalue weighted by Gasteiger charge is 2.07. The van der Waals surface area contributed by atoms with Crippen molar-refractivity contribution in [3.05, 3.63) is 24.3 Å². The molecule has 9 nitrogen and oxygen atoms in total. The van der Waals surface area contributed by atoms with Crippen molar-refractivity contribution >= 4 is 23.5 Å². The fourth-order valence-corrected chi connectivity index (χ4v) is 1.64. The molecule has 2 aromatic rings. The standard InChI is InChI=1S/C13H18N6O3/c20-6-4-14-11-17-12(15-5-7-21)19-13(18-11)16-9-2-1-3-10(22)8-9/h1-3,8,20-22H,4-7H2,(H3,14,15,16,17,18,19). The van der Waals surface area contributed by atoms with Crippen LogP contribution in [0.5, 0.6) is 5.75 Å². The molecule has 0 spiro atoms. The highest BCUT2D eigenvalue weighted by Crippen LogP contribution is 2.19. The van der Waals surface area contributed by atoms with E-state index in [9.17, 15) is 5.11 Å². The van der Waals surface area contributed by atoms with Crippen molar-refractivity contribution in [2.24, 2.45) is 0 Å². The number of anilines is 4. The number of hydrogen-bond acceptors (Lipinski definition) is 9. The topological polar surface area (TPSA) is 135 Å². The van der Waals surface area contributed by atoms with E-state index in [-0.39, 0.29) is 36.8 Å². The second kappa shape index (κ2) is 7.96. The lowest BCUT2D eigenvalue weighted by Crippen LogP contribution is -2.14. The van der Waals surface area contributed by atoms with Crippen LogP contribution in [0.2, 0.25) is 0 Å². The molecule has 0 aliphatic rings. The van der Waals surface area contributed by atoms with Crippen LogP contribution in [-0.2, 0) is 0 Å². The summed E-state index contributed by atoms with van der Waals surface area (Å²) in [5.74, 6) is 0.956. The van der Waals surface area contributed by atoms with Crippen LogP contribution in [0.25, 0.3) is 0 Å². The third kappa shape index (κ3) is 4.72. The van der Waals surface area contributed by atoms with Crippen LogP contribution in [-0.4, -0.2) is 56.6 Å². The van der Waals surface area contributed by atoms with E-state index in [2.05, 4.69) is 30.9 Å². The lowest BCUT2D eigenvalue weighted by Gasteiger charge is -2.10. The van der Waals surface area contributed by atoms with Crippen LogP contribution in [0.4, 0.5) is 23.5 Å². The molecular weight excluding hydrogens is 288 g/mol. The second-order valence-corrected chi connectivity index (χ2v) is 4.28. The summed E-state index contributed by atoms with van der Waals surface area (Å²) in [6.07, 6.45) is 0. The first kappa shape index (κ1) is 15.7. The number of phenolic OH excluding ortho intramolecular Hbond substituents is 1. The molecule has 22 heavy (non-hydrogen) atoms. The van der Waals surface area contributed by atoms with Gasteiger partial charge in [0.15, 0.2) is 0 Å². The first-order valence-electron chi connectivity index (χ1n) is 6.73. The molecule has 0 atom stereocenters. The normalized spacial score (nSPS) is 10.3. The van der Waals surface area contributed by atoms with Gasteiger partial charge in [-0.1, -0.05) is 6.07 Å². The van der Waals surface area contributed by atoms with Crippen molar-refractivity contribution in [1.82, 2.24) is 15.0 Å². The number of nitrogens with one attached hydrogen (secondary N) is 3. The Morgan fingerprint density at radius 3 is 2.00 bits per heavy atom. The Balaban J connectivity index is 2.20. The molecule has 0 radical (unpaired) electrons. The maximum absolute atomic E-state index is 9.46. The maximum atomic E-state index is 9.46. The summed E-state index contributed by atoms with van der Waals surface area (Å²) in [6, 6.07) is 6.53. The number of aliphatic hydroxyl groups excluding tert-OH is 2. The van der Waals surface area contributed by atoms with Crippen molar-refractivity contribution in [2.45, 2.75) is 0 Å². The number of aliphatic hydroxyl groups is 2. The molecule has 6 N–H and O–H groups in total. The molecule has 2 rings (SSSR count). The van der Waals surface area contributed by atoms with Crippen molar-refractivity contribution in [1.29, 1.82) is 0 Å². The van der Waals surface area contributed by atoms with Crippen LogP contribution < -0.4 is 16.0 Å². The van der Waals surface area contributed by atoms with Gasteiger partial charge in [0.2, 0.25) is 17.8 Å². The second-order valence-electron chi connectivity index (χ2n) is 4.28. The maximum Gasteiger partial charge on any atom is 0.233 e. The van der Waals surface area contributed by atoms with Gasteiger partial charge in [0, 0.05) is 24.8 Å². The van der Waals surface area contributed by atoms with Gasteiger partial charge in [-0.2, -0.15) is 15.0 Å². The summed E-state index contributed by atoms with van der Waals surface area (Å²) >= 11 is 0. The third-order valence-electron chi connectivity index (χ3n) is 2.53.